The Balaban J connectivity index is 2.76. The Labute approximate surface area is 116 Å². The maximum absolute atomic E-state index is 11.1. The number of ether oxygens (including phenoxy) is 2. The zero-order valence-electron chi connectivity index (χ0n) is 10.8. The molecule has 0 unspecified atom stereocenters. The third-order valence-electron chi connectivity index (χ3n) is 2.31. The highest BCUT2D eigenvalue weighted by Gasteiger charge is 2.10. The van der Waals surface area contributed by atoms with Gasteiger partial charge in [0.05, 0.1) is 11.6 Å². The molecule has 0 fully saturated rings. The number of methoxy groups -OCH3 is 1. The van der Waals surface area contributed by atoms with E-state index >= 15 is 0 Å². The molecule has 1 rings (SSSR count). The number of nitrogens with one attached hydrogen (secondary N) is 1. The number of benzene rings is 1. The summed E-state index contributed by atoms with van der Waals surface area (Å²) in [5.41, 5.74) is 1.00. The van der Waals surface area contributed by atoms with E-state index < -0.39 is 5.97 Å². The van der Waals surface area contributed by atoms with Gasteiger partial charge in [-0.3, -0.25) is 0 Å². The SMILES string of the molecule is COC(=O)COc1c(Br)cccc1CNC(C)C. The summed E-state index contributed by atoms with van der Waals surface area (Å²) in [5, 5.41) is 3.31. The average Bonchev–Trinajstić information content (AvgIpc) is 2.34. The van der Waals surface area contributed by atoms with E-state index in [4.69, 9.17) is 4.74 Å². The Hall–Kier alpha value is -1.07. The summed E-state index contributed by atoms with van der Waals surface area (Å²) in [6.45, 7) is 4.75. The second-order valence-corrected chi connectivity index (χ2v) is 4.98. The molecule has 0 heterocycles. The van der Waals surface area contributed by atoms with E-state index in [1.165, 1.54) is 7.11 Å². The lowest BCUT2D eigenvalue weighted by Gasteiger charge is -2.14. The standard InChI is InChI=1S/C13H18BrNO3/c1-9(2)15-7-10-5-4-6-11(14)13(10)18-8-12(16)17-3/h4-6,9,15H,7-8H2,1-3H3. The fraction of sp³-hybridized carbons (Fsp3) is 0.462. The van der Waals surface area contributed by atoms with Crippen molar-refractivity contribution in [2.24, 2.45) is 0 Å². The first-order valence-corrected chi connectivity index (χ1v) is 6.54. The number of rotatable bonds is 6. The van der Waals surface area contributed by atoms with Gasteiger partial charge in [0.15, 0.2) is 6.61 Å². The Morgan fingerprint density at radius 2 is 2.17 bits per heavy atom. The molecule has 100 valence electrons. The third kappa shape index (κ3) is 4.66. The smallest absolute Gasteiger partial charge is 0.343 e. The van der Waals surface area contributed by atoms with Crippen LogP contribution in [0.4, 0.5) is 0 Å². The lowest BCUT2D eigenvalue weighted by atomic mass is 10.2. The summed E-state index contributed by atoms with van der Waals surface area (Å²) in [6, 6.07) is 6.17. The van der Waals surface area contributed by atoms with Crippen molar-refractivity contribution in [2.45, 2.75) is 26.4 Å². The minimum absolute atomic E-state index is 0.0895. The molecule has 0 saturated heterocycles. The van der Waals surface area contributed by atoms with Gasteiger partial charge in [-0.25, -0.2) is 4.79 Å². The maximum Gasteiger partial charge on any atom is 0.343 e. The fourth-order valence-electron chi connectivity index (χ4n) is 1.36. The molecular formula is C13H18BrNO3. The van der Waals surface area contributed by atoms with Crippen molar-refractivity contribution in [3.05, 3.63) is 28.2 Å². The number of esters is 1. The van der Waals surface area contributed by atoms with Crippen molar-refractivity contribution in [1.82, 2.24) is 5.32 Å². The predicted octanol–water partition coefficient (Wildman–Crippen LogP) is 2.50. The van der Waals surface area contributed by atoms with Gasteiger partial charge >= 0.3 is 5.97 Å². The van der Waals surface area contributed by atoms with Crippen LogP contribution in [0.1, 0.15) is 19.4 Å². The third-order valence-corrected chi connectivity index (χ3v) is 2.94. The molecule has 1 N–H and O–H groups in total. The van der Waals surface area contributed by atoms with Crippen LogP contribution in [0.25, 0.3) is 0 Å². The second kappa shape index (κ2) is 7.38. The summed E-state index contributed by atoms with van der Waals surface area (Å²) in [6.07, 6.45) is 0. The van der Waals surface area contributed by atoms with Gasteiger partial charge in [-0.2, -0.15) is 0 Å². The first-order valence-electron chi connectivity index (χ1n) is 5.75. The van der Waals surface area contributed by atoms with Gasteiger partial charge in [0.1, 0.15) is 5.75 Å². The molecule has 5 heteroatoms. The summed E-state index contributed by atoms with van der Waals surface area (Å²) < 4.78 is 10.9. The molecule has 1 aromatic carbocycles. The molecule has 0 saturated carbocycles. The van der Waals surface area contributed by atoms with E-state index in [-0.39, 0.29) is 6.61 Å². The quantitative estimate of drug-likeness (QED) is 0.819. The molecule has 0 amide bonds. The summed E-state index contributed by atoms with van der Waals surface area (Å²) in [7, 11) is 1.34. The molecule has 4 nitrogen and oxygen atoms in total. The number of carbonyl (C=O) groups excluding carboxylic acids is 1. The van der Waals surface area contributed by atoms with Crippen molar-refractivity contribution >= 4 is 21.9 Å². The van der Waals surface area contributed by atoms with E-state index in [1.807, 2.05) is 18.2 Å². The summed E-state index contributed by atoms with van der Waals surface area (Å²) >= 11 is 3.42. The van der Waals surface area contributed by atoms with Crippen LogP contribution in [0.2, 0.25) is 0 Å². The van der Waals surface area contributed by atoms with Crippen LogP contribution in [-0.2, 0) is 16.1 Å². The van der Waals surface area contributed by atoms with Crippen molar-refractivity contribution in [2.75, 3.05) is 13.7 Å². The zero-order chi connectivity index (χ0) is 13.5. The molecule has 18 heavy (non-hydrogen) atoms. The van der Waals surface area contributed by atoms with Crippen LogP contribution in [0.5, 0.6) is 5.75 Å². The van der Waals surface area contributed by atoms with Crippen LogP contribution >= 0.6 is 15.9 Å². The van der Waals surface area contributed by atoms with Crippen LogP contribution < -0.4 is 10.1 Å². The highest BCUT2D eigenvalue weighted by molar-refractivity contribution is 9.10. The molecule has 0 radical (unpaired) electrons. The van der Waals surface area contributed by atoms with Gasteiger partial charge < -0.3 is 14.8 Å². The van der Waals surface area contributed by atoms with Crippen LogP contribution in [0, 0.1) is 0 Å². The van der Waals surface area contributed by atoms with Crippen molar-refractivity contribution in [1.29, 1.82) is 0 Å². The minimum atomic E-state index is -0.395. The molecule has 0 bridgehead atoms. The van der Waals surface area contributed by atoms with E-state index in [2.05, 4.69) is 39.8 Å². The van der Waals surface area contributed by atoms with Gasteiger partial charge in [0.2, 0.25) is 0 Å². The number of para-hydroxylation sites is 1. The molecule has 0 aliphatic carbocycles. The normalized spacial score (nSPS) is 10.5. The Morgan fingerprint density at radius 3 is 2.78 bits per heavy atom. The van der Waals surface area contributed by atoms with Gasteiger partial charge in [-0.15, -0.1) is 0 Å². The van der Waals surface area contributed by atoms with E-state index in [0.29, 0.717) is 18.3 Å². The lowest BCUT2D eigenvalue weighted by molar-refractivity contribution is -0.142. The Bertz CT molecular complexity index is 407. The fourth-order valence-corrected chi connectivity index (χ4v) is 1.88. The summed E-state index contributed by atoms with van der Waals surface area (Å²) in [5.74, 6) is 0.282. The average molecular weight is 316 g/mol. The van der Waals surface area contributed by atoms with Crippen LogP contribution in [0.15, 0.2) is 22.7 Å². The van der Waals surface area contributed by atoms with Gasteiger partial charge in [0.25, 0.3) is 0 Å². The zero-order valence-corrected chi connectivity index (χ0v) is 12.4. The molecule has 0 spiro atoms. The van der Waals surface area contributed by atoms with E-state index in [0.717, 1.165) is 10.0 Å². The van der Waals surface area contributed by atoms with Gasteiger partial charge in [0, 0.05) is 18.2 Å². The predicted molar refractivity (Wildman–Crippen MR) is 73.6 cm³/mol. The number of carbonyl (C=O) groups is 1. The van der Waals surface area contributed by atoms with Crippen LogP contribution in [-0.4, -0.2) is 25.7 Å². The molecule has 0 atom stereocenters. The van der Waals surface area contributed by atoms with Crippen molar-refractivity contribution < 1.29 is 14.3 Å². The van der Waals surface area contributed by atoms with E-state index in [9.17, 15) is 4.79 Å². The number of hydrogen-bond donors (Lipinski definition) is 1. The van der Waals surface area contributed by atoms with Gasteiger partial charge in [-0.05, 0) is 22.0 Å². The summed E-state index contributed by atoms with van der Waals surface area (Å²) in [4.78, 5) is 11.1. The maximum atomic E-state index is 11.1. The molecule has 0 aliphatic heterocycles. The largest absolute Gasteiger partial charge is 0.480 e. The molecule has 1 aromatic rings. The highest BCUT2D eigenvalue weighted by atomic mass is 79.9. The van der Waals surface area contributed by atoms with Crippen LogP contribution in [0.3, 0.4) is 0 Å². The minimum Gasteiger partial charge on any atom is -0.480 e. The van der Waals surface area contributed by atoms with Gasteiger partial charge in [-0.1, -0.05) is 26.0 Å². The number of hydrogen-bond acceptors (Lipinski definition) is 4. The molecule has 0 aromatic heterocycles. The topological polar surface area (TPSA) is 47.6 Å². The second-order valence-electron chi connectivity index (χ2n) is 4.13. The lowest BCUT2D eigenvalue weighted by Crippen LogP contribution is -2.22. The van der Waals surface area contributed by atoms with Crippen molar-refractivity contribution in [3.63, 3.8) is 0 Å². The first-order chi connectivity index (χ1) is 8.54. The monoisotopic (exact) mass is 315 g/mol. The first kappa shape index (κ1) is 15.0. The molecule has 0 aliphatic rings. The Kier molecular flexibility index (Phi) is 6.15. The highest BCUT2D eigenvalue weighted by Crippen LogP contribution is 2.29. The van der Waals surface area contributed by atoms with E-state index in [1.54, 1.807) is 0 Å². The number of halogens is 1. The Morgan fingerprint density at radius 1 is 1.44 bits per heavy atom. The molecular weight excluding hydrogens is 298 g/mol. The van der Waals surface area contributed by atoms with Crippen molar-refractivity contribution in [3.8, 4) is 5.75 Å².